The van der Waals surface area contributed by atoms with E-state index in [1.165, 1.54) is 39.4 Å². The molecule has 2 aliphatic rings. The van der Waals surface area contributed by atoms with E-state index < -0.39 is 67.6 Å². The third kappa shape index (κ3) is 20.5. The van der Waals surface area contributed by atoms with Gasteiger partial charge in [0.05, 0.1) is 25.0 Å². The summed E-state index contributed by atoms with van der Waals surface area (Å²) >= 11 is 43.3. The molecule has 0 spiro atoms. The summed E-state index contributed by atoms with van der Waals surface area (Å²) < 4.78 is 31.9. The number of carbonyl (C=O) groups is 3. The predicted molar refractivity (Wildman–Crippen MR) is 242 cm³/mol. The maximum Gasteiger partial charge on any atom is 0.405 e. The van der Waals surface area contributed by atoms with Gasteiger partial charge in [0, 0.05) is 56.9 Å². The lowest BCUT2D eigenvalue weighted by molar-refractivity contribution is -0.146. The number of allylic oxidation sites excluding steroid dienone is 2. The van der Waals surface area contributed by atoms with Crippen molar-refractivity contribution < 1.29 is 53.0 Å². The van der Waals surface area contributed by atoms with Gasteiger partial charge in [-0.1, -0.05) is 143 Å². The Hall–Kier alpha value is -1.30. The van der Waals surface area contributed by atoms with Crippen LogP contribution in [0.15, 0.2) is 41.5 Å². The Labute approximate surface area is 397 Å². The molecule has 0 saturated carbocycles. The van der Waals surface area contributed by atoms with Crippen molar-refractivity contribution in [1.29, 1.82) is 0 Å². The summed E-state index contributed by atoms with van der Waals surface area (Å²) in [7, 11) is 5.72. The number of alkyl halides is 9. The second kappa shape index (κ2) is 29.9. The van der Waals surface area contributed by atoms with E-state index in [-0.39, 0.29) is 53.1 Å². The number of Topliss-reactive ketones (excluding diaryl/α,β-unsaturated/α-hetero) is 1. The second-order valence-electron chi connectivity index (χ2n) is 13.3. The number of aliphatic hydroxyl groups excluding tert-OH is 1. The summed E-state index contributed by atoms with van der Waals surface area (Å²) in [5.74, 6) is -1.42. The average molecular weight is 1030 g/mol. The van der Waals surface area contributed by atoms with Crippen molar-refractivity contribution in [2.45, 2.75) is 104 Å². The number of ketones is 1. The zero-order chi connectivity index (χ0) is 46.6. The van der Waals surface area contributed by atoms with Crippen molar-refractivity contribution in [2.75, 3.05) is 33.3 Å². The normalized spacial score (nSPS) is 27.5. The molecule has 22 heteroatoms. The van der Waals surface area contributed by atoms with Crippen LogP contribution in [0.25, 0.3) is 0 Å². The van der Waals surface area contributed by atoms with Gasteiger partial charge in [-0.3, -0.25) is 9.59 Å². The molecule has 2 heterocycles. The third-order valence-electron chi connectivity index (χ3n) is 8.79. The van der Waals surface area contributed by atoms with E-state index in [0.29, 0.717) is 17.6 Å². The van der Waals surface area contributed by atoms with Crippen LogP contribution < -0.4 is 20.1 Å². The Balaban J connectivity index is 0.00000255. The van der Waals surface area contributed by atoms with E-state index in [1.807, 2.05) is 13.8 Å². The number of aromatic hydroxyl groups is 1. The van der Waals surface area contributed by atoms with E-state index in [9.17, 15) is 24.6 Å². The van der Waals surface area contributed by atoms with Gasteiger partial charge in [-0.25, -0.2) is 4.79 Å². The molecule has 60 heavy (non-hydrogen) atoms. The van der Waals surface area contributed by atoms with Crippen LogP contribution in [-0.2, 0) is 35.0 Å². The first-order chi connectivity index (χ1) is 27.9. The monoisotopic (exact) mass is 1030 g/mol. The standard InChI is InChI=1S/C35H50N2O11.3CHCl3/c1-18-13-23-31-24(17-25(38)32(23)45-8)37(22(5)16-26(39)34(46-9)47-31)33(41)19(2)11-10-12-27(43-6)30(48-35(36)42)21(4)15-20(3)29(40)28(14-18)44-7;3*2-1(3)4/h10-12,15,17-18,20,22,27-30,34,38,40H,13-14,16H2,1-9H3,(H2,36,42);3*1H/b12-10-,19-11+,21-15+;;;/t18-,20+,22-,27+,28+,29-,30+,34-;;;/m1.../s1. The van der Waals surface area contributed by atoms with E-state index in [4.69, 9.17) is 139 Å². The van der Waals surface area contributed by atoms with Crippen LogP contribution in [0.1, 0.15) is 53.0 Å². The predicted octanol–water partition coefficient (Wildman–Crippen LogP) is 9.93. The van der Waals surface area contributed by atoms with Gasteiger partial charge in [0.15, 0.2) is 36.2 Å². The lowest BCUT2D eigenvalue weighted by Crippen LogP contribution is -2.45. The topological polar surface area (TPSA) is 176 Å². The molecule has 4 bridgehead atoms. The number of carbonyl (C=O) groups excluding carboxylic acids is 3. The fourth-order valence-electron chi connectivity index (χ4n) is 6.34. The molecule has 2 amide bonds. The van der Waals surface area contributed by atoms with Gasteiger partial charge in [0.1, 0.15) is 6.10 Å². The van der Waals surface area contributed by atoms with Crippen molar-refractivity contribution >= 4 is 128 Å². The van der Waals surface area contributed by atoms with Crippen LogP contribution in [0, 0.1) is 11.8 Å². The minimum Gasteiger partial charge on any atom is -0.504 e. The number of anilines is 1. The van der Waals surface area contributed by atoms with Crippen LogP contribution in [-0.4, -0.2) is 106 Å². The van der Waals surface area contributed by atoms with Gasteiger partial charge in [-0.05, 0) is 45.1 Å². The molecule has 2 aliphatic heterocycles. The van der Waals surface area contributed by atoms with Gasteiger partial charge in [0.25, 0.3) is 12.2 Å². The highest BCUT2D eigenvalue weighted by molar-refractivity contribution is 6.63. The van der Waals surface area contributed by atoms with Gasteiger partial charge in [-0.2, -0.15) is 0 Å². The van der Waals surface area contributed by atoms with Crippen LogP contribution >= 0.6 is 104 Å². The molecule has 0 aromatic heterocycles. The van der Waals surface area contributed by atoms with E-state index in [0.717, 1.165) is 0 Å². The molecule has 344 valence electrons. The fourth-order valence-corrected chi connectivity index (χ4v) is 6.34. The summed E-state index contributed by atoms with van der Waals surface area (Å²) in [4.78, 5) is 40.8. The Kier molecular flexibility index (Phi) is 29.3. The Morgan fingerprint density at radius 3 is 1.92 bits per heavy atom. The van der Waals surface area contributed by atoms with Crippen LogP contribution in [0.4, 0.5) is 10.5 Å². The van der Waals surface area contributed by atoms with Crippen molar-refractivity contribution in [2.24, 2.45) is 17.6 Å². The maximum absolute atomic E-state index is 14.2. The molecular formula is C38H53Cl9N2O11. The first kappa shape index (κ1) is 58.7. The molecule has 8 atom stereocenters. The molecule has 0 unspecified atom stereocenters. The minimum absolute atomic E-state index is 0.0829. The summed E-state index contributed by atoms with van der Waals surface area (Å²) in [6.45, 7) is 8.85. The Bertz CT molecular complexity index is 1580. The number of phenols is 1. The molecule has 4 N–H and O–H groups in total. The number of hydrogen-bond acceptors (Lipinski definition) is 11. The molecule has 0 saturated heterocycles. The molecule has 0 radical (unpaired) electrons. The van der Waals surface area contributed by atoms with Crippen LogP contribution in [0.3, 0.4) is 0 Å². The summed E-state index contributed by atoms with van der Waals surface area (Å²) in [6, 6.07) is 0.724. The molecule has 0 aliphatic carbocycles. The van der Waals surface area contributed by atoms with Crippen LogP contribution in [0.5, 0.6) is 17.2 Å². The number of nitrogens with zero attached hydrogens (tertiary/aromatic N) is 1. The van der Waals surface area contributed by atoms with Crippen molar-refractivity contribution in [3.8, 4) is 17.2 Å². The Morgan fingerprint density at radius 2 is 1.45 bits per heavy atom. The minimum atomic E-state index is -1.26. The molecular weight excluding hydrogens is 979 g/mol. The zero-order valence-electron chi connectivity index (χ0n) is 34.4. The largest absolute Gasteiger partial charge is 0.504 e. The number of hydrogen-bond donors (Lipinski definition) is 3. The average Bonchev–Trinajstić information content (AvgIpc) is 3.12. The number of halogens is 9. The summed E-state index contributed by atoms with van der Waals surface area (Å²) in [5, 5.41) is 22.7. The molecule has 1 aromatic rings. The van der Waals surface area contributed by atoms with Crippen molar-refractivity contribution in [3.63, 3.8) is 0 Å². The second-order valence-corrected chi connectivity index (χ2v) is 19.2. The van der Waals surface area contributed by atoms with Gasteiger partial charge >= 0.3 is 6.09 Å². The van der Waals surface area contributed by atoms with Crippen molar-refractivity contribution in [1.82, 2.24) is 0 Å². The highest BCUT2D eigenvalue weighted by atomic mass is 35.6. The quantitative estimate of drug-likeness (QED) is 0.189. The molecule has 3 rings (SSSR count). The number of primary amides is 1. The van der Waals surface area contributed by atoms with Gasteiger partial charge < -0.3 is 49.3 Å². The number of nitrogens with two attached hydrogens (primary N) is 1. The lowest BCUT2D eigenvalue weighted by Gasteiger charge is -2.36. The smallest absolute Gasteiger partial charge is 0.405 e. The van der Waals surface area contributed by atoms with E-state index in [1.54, 1.807) is 45.1 Å². The highest BCUT2D eigenvalue weighted by Crippen LogP contribution is 2.48. The number of phenolic OH excluding ortho intramolecular Hbond substituents is 1. The number of ether oxygens (including phenoxy) is 6. The number of benzene rings is 1. The van der Waals surface area contributed by atoms with Gasteiger partial charge in [0.2, 0.25) is 5.78 Å². The molecule has 1 aromatic carbocycles. The SMILES string of the molecule is COc1c(O)cc2c3c1C[C@@H](C)C[C@H](OC)[C@H](O)[C@@H](C)/C=C(\C)[C@H](OC(N)=O)[C@@H](OC)/C=C\C=C(/C)C(=O)N2[C@H](C)CC(=O)[C@H](OC)O3.ClC(Cl)Cl.ClC(Cl)Cl.ClC(Cl)Cl. The first-order valence-corrected chi connectivity index (χ1v) is 21.8. The van der Waals surface area contributed by atoms with E-state index >= 15 is 0 Å². The summed E-state index contributed by atoms with van der Waals surface area (Å²) in [5.41, 5.74) is 6.94. The first-order valence-electron chi connectivity index (χ1n) is 17.9. The summed E-state index contributed by atoms with van der Waals surface area (Å²) in [6.07, 6.45) is 1.46. The Morgan fingerprint density at radius 1 is 0.900 bits per heavy atom. The lowest BCUT2D eigenvalue weighted by atomic mass is 9.87. The maximum atomic E-state index is 14.2. The van der Waals surface area contributed by atoms with E-state index in [2.05, 4.69) is 0 Å². The molecule has 13 nitrogen and oxygen atoms in total. The number of rotatable bonds is 5. The van der Waals surface area contributed by atoms with Crippen molar-refractivity contribution in [3.05, 3.63) is 47.1 Å². The third-order valence-corrected chi connectivity index (χ3v) is 8.79. The van der Waals surface area contributed by atoms with Gasteiger partial charge in [-0.15, -0.1) is 0 Å². The number of amides is 2. The highest BCUT2D eigenvalue weighted by Gasteiger charge is 2.38. The number of aliphatic hydroxyl groups is 1. The molecule has 0 fully saturated rings. The number of methoxy groups -OCH3 is 4. The van der Waals surface area contributed by atoms with Crippen LogP contribution in [0.2, 0.25) is 0 Å². The zero-order valence-corrected chi connectivity index (χ0v) is 41.2. The fraction of sp³-hybridized carbons (Fsp3) is 0.605.